The highest BCUT2D eigenvalue weighted by Gasteiger charge is 2.46. The smallest absolute Gasteiger partial charge is 0.114 e. The zero-order valence-corrected chi connectivity index (χ0v) is 30.1. The quantitative estimate of drug-likeness (QED) is 0.107. The minimum atomic E-state index is 0. The van der Waals surface area contributed by atoms with Crippen LogP contribution in [0.25, 0.3) is 10.4 Å². The van der Waals surface area contributed by atoms with Crippen molar-refractivity contribution in [3.8, 4) is 131 Å². The molecule has 0 saturated heterocycles. The van der Waals surface area contributed by atoms with Gasteiger partial charge in [-0.2, -0.15) is 13.5 Å². The molecule has 1 aromatic heterocycles. The van der Waals surface area contributed by atoms with Crippen molar-refractivity contribution in [3.63, 3.8) is 0 Å². The van der Waals surface area contributed by atoms with Crippen LogP contribution in [0.2, 0.25) is 0 Å². The molecule has 1 spiro atoms. The average Bonchev–Trinajstić information content (AvgIpc) is 3.95. The number of aromatic nitrogens is 2. The van der Waals surface area contributed by atoms with Gasteiger partial charge in [0.25, 0.3) is 0 Å². The monoisotopic (exact) mass is 732 g/mol. The van der Waals surface area contributed by atoms with Crippen LogP contribution in [-0.2, 0) is 6.42 Å². The summed E-state index contributed by atoms with van der Waals surface area (Å²) in [5.74, 6) is 50.9. The van der Waals surface area contributed by atoms with Gasteiger partial charge in [-0.25, -0.2) is 4.98 Å². The molecule has 3 aliphatic carbocycles. The van der Waals surface area contributed by atoms with E-state index in [0.29, 0.717) is 5.92 Å². The summed E-state index contributed by atoms with van der Waals surface area (Å²) < 4.78 is 0. The number of nitrogens with two attached hydrogens (primary N) is 1. The molecule has 3 N–H and O–H groups in total. The van der Waals surface area contributed by atoms with Crippen molar-refractivity contribution >= 4 is 25.3 Å². The minimum absolute atomic E-state index is 0. The topological polar surface area (TPSA) is 112 Å². The van der Waals surface area contributed by atoms with Gasteiger partial charge in [0.1, 0.15) is 5.03 Å². The summed E-state index contributed by atoms with van der Waals surface area (Å²) in [5, 5.41) is 1.08. The number of terminal acetylenes is 2. The molecule has 0 bridgehead atoms. The molecule has 2 fully saturated rings. The van der Waals surface area contributed by atoms with Crippen molar-refractivity contribution < 1.29 is 17.1 Å². The Hall–Kier alpha value is -6.57. The average molecular weight is 733 g/mol. The molecule has 0 amide bonds. The largest absolute Gasteiger partial charge is 0.323 e. The first-order chi connectivity index (χ1) is 25.1. The molecule has 1 heterocycles. The van der Waals surface area contributed by atoms with Crippen molar-refractivity contribution in [1.29, 1.82) is 5.53 Å². The number of benzene rings is 1. The summed E-state index contributed by atoms with van der Waals surface area (Å²) >= 11 is 1.86. The molecule has 5 rings (SSSR count). The molecular formula is C44H56N6S2. The standard InChI is InChI=1S/C22H27N3S.C22H2.HN3.H2S.12H2/c23-21-18-4-2-1-3-17(18)11-22(21)9-7-16(8-10-22)19-12-25-20(13-24-19)26-14-15-5-6-15;1-3-5-7-9-11-13-15-17-19-21-22-20-18-16-14-12-10-8-6-4-2;1-3-2;;;;;;;;;;;;;/h1-4,12-13,15-16,21H,5-11,14,23H2;1-2H;1H;1H2;12*1H/t16?,21-,22?;;;;;;;;;;;;;;;/m1.............../s1. The second-order valence-electron chi connectivity index (χ2n) is 11.2. The van der Waals surface area contributed by atoms with Gasteiger partial charge in [-0.1, -0.05) is 24.3 Å². The molecule has 6 nitrogen and oxygen atoms in total. The highest BCUT2D eigenvalue weighted by Crippen LogP contribution is 2.55. The highest BCUT2D eigenvalue weighted by molar-refractivity contribution is 7.99. The van der Waals surface area contributed by atoms with Crippen LogP contribution in [0.5, 0.6) is 0 Å². The lowest BCUT2D eigenvalue weighted by atomic mass is 9.66. The van der Waals surface area contributed by atoms with Crippen molar-refractivity contribution in [2.45, 2.75) is 61.9 Å². The third-order valence-electron chi connectivity index (χ3n) is 8.01. The molecule has 0 unspecified atom stereocenters. The van der Waals surface area contributed by atoms with Gasteiger partial charge in [0, 0.05) is 64.7 Å². The van der Waals surface area contributed by atoms with E-state index >= 15 is 0 Å². The summed E-state index contributed by atoms with van der Waals surface area (Å²) in [6, 6.07) is 8.96. The van der Waals surface area contributed by atoms with Crippen LogP contribution < -0.4 is 5.73 Å². The molecule has 1 aromatic carbocycles. The molecule has 52 heavy (non-hydrogen) atoms. The van der Waals surface area contributed by atoms with E-state index in [1.165, 1.54) is 61.1 Å². The fraction of sp³-hybridized carbons (Fsp3) is 0.273. The van der Waals surface area contributed by atoms with Gasteiger partial charge in [0.15, 0.2) is 0 Å². The fourth-order valence-corrected chi connectivity index (χ4v) is 6.46. The second kappa shape index (κ2) is 24.5. The number of hydrogen-bond acceptors (Lipinski definition) is 5. The third kappa shape index (κ3) is 14.9. The van der Waals surface area contributed by atoms with E-state index in [4.69, 9.17) is 34.6 Å². The molecule has 2 saturated carbocycles. The van der Waals surface area contributed by atoms with Crippen molar-refractivity contribution in [2.24, 2.45) is 17.1 Å². The van der Waals surface area contributed by atoms with Crippen molar-refractivity contribution in [1.82, 2.24) is 9.97 Å². The van der Waals surface area contributed by atoms with Crippen LogP contribution >= 0.6 is 25.3 Å². The summed E-state index contributed by atoms with van der Waals surface area (Å²) in [6.45, 7) is 0. The van der Waals surface area contributed by atoms with E-state index < -0.39 is 0 Å². The van der Waals surface area contributed by atoms with E-state index in [1.54, 1.807) is 4.91 Å². The third-order valence-corrected chi connectivity index (χ3v) is 9.16. The van der Waals surface area contributed by atoms with E-state index in [-0.39, 0.29) is 42.1 Å². The minimum Gasteiger partial charge on any atom is -0.323 e. The molecule has 3 aliphatic rings. The summed E-state index contributed by atoms with van der Waals surface area (Å²) in [6.07, 6.45) is 22.5. The van der Waals surface area contributed by atoms with Crippen LogP contribution in [0, 0.1) is 148 Å². The Morgan fingerprint density at radius 1 is 0.769 bits per heavy atom. The van der Waals surface area contributed by atoms with Crippen LogP contribution in [-0.4, -0.2) is 15.7 Å². The zero-order chi connectivity index (χ0) is 36.4. The summed E-state index contributed by atoms with van der Waals surface area (Å²) in [4.78, 5) is 11.2. The first kappa shape index (κ1) is 41.6. The van der Waals surface area contributed by atoms with Crippen molar-refractivity contribution in [2.75, 3.05) is 5.75 Å². The van der Waals surface area contributed by atoms with E-state index in [9.17, 15) is 0 Å². The van der Waals surface area contributed by atoms with E-state index in [0.717, 1.165) is 17.4 Å². The van der Waals surface area contributed by atoms with Crippen LogP contribution in [0.1, 0.15) is 84.4 Å². The molecule has 0 aliphatic heterocycles. The number of nitrogens with zero attached hydrogens (tertiary/aromatic N) is 4. The number of nitrogens with one attached hydrogen (secondary N) is 1. The maximum Gasteiger partial charge on any atom is 0.114 e. The number of hydrogen-bond donors (Lipinski definition) is 2. The number of thioether (sulfide) groups is 1. The first-order valence-corrected chi connectivity index (χ1v) is 16.8. The molecule has 0 radical (unpaired) electrons. The van der Waals surface area contributed by atoms with Gasteiger partial charge in [-0.05, 0) is 173 Å². The first-order valence-electron chi connectivity index (χ1n) is 15.8. The second-order valence-corrected chi connectivity index (χ2v) is 12.2. The fourth-order valence-electron chi connectivity index (χ4n) is 5.47. The number of rotatable bonds is 4. The molecular weight excluding hydrogens is 677 g/mol. The number of fused-ring (bicyclic) bond motifs is 1. The predicted molar refractivity (Wildman–Crippen MR) is 239 cm³/mol. The Morgan fingerprint density at radius 2 is 1.23 bits per heavy atom. The van der Waals surface area contributed by atoms with Crippen LogP contribution in [0.3, 0.4) is 0 Å². The Bertz CT molecular complexity index is 2230. The van der Waals surface area contributed by atoms with Gasteiger partial charge in [-0.15, -0.1) is 30.1 Å². The Kier molecular flexibility index (Phi) is 19.6. The SMILES string of the molecule is C#CC#CC#CC#CC#CC#CC#CC#CC#CC#CC#C.N[C@@H]1c2ccccc2CC12CCC(c1cnc(SCC3CC3)cn1)CC2.S.[HH].[HH].[HH].[HH].[HH].[HH].[HH].[HH].[HH].[HH].[HH].[HH].[N-]=[N+]=N. The normalized spacial score (nSPS) is 17.0. The van der Waals surface area contributed by atoms with Gasteiger partial charge in [-0.3, -0.25) is 4.98 Å². The van der Waals surface area contributed by atoms with Crippen molar-refractivity contribution in [3.05, 3.63) is 63.9 Å². The predicted octanol–water partition coefficient (Wildman–Crippen LogP) is 9.10. The zero-order valence-electron chi connectivity index (χ0n) is 28.3. The lowest BCUT2D eigenvalue weighted by molar-refractivity contribution is 0.148. The highest BCUT2D eigenvalue weighted by atomic mass is 32.2. The Morgan fingerprint density at radius 3 is 1.63 bits per heavy atom. The van der Waals surface area contributed by atoms with Gasteiger partial charge in [0.2, 0.25) is 0 Å². The van der Waals surface area contributed by atoms with E-state index in [1.807, 2.05) is 24.2 Å². The molecule has 2 aromatic rings. The van der Waals surface area contributed by atoms with E-state index in [2.05, 4.69) is 148 Å². The van der Waals surface area contributed by atoms with Gasteiger partial charge >= 0.3 is 0 Å². The summed E-state index contributed by atoms with van der Waals surface area (Å²) in [7, 11) is 0. The van der Waals surface area contributed by atoms with Gasteiger partial charge in [0.05, 0.1) is 11.9 Å². The Balaban J connectivity index is -0.0000000779. The molecule has 8 heteroatoms. The molecule has 274 valence electrons. The van der Waals surface area contributed by atoms with Gasteiger partial charge < -0.3 is 5.73 Å². The lowest BCUT2D eigenvalue weighted by Crippen LogP contribution is -2.35. The van der Waals surface area contributed by atoms with Crippen LogP contribution in [0.4, 0.5) is 0 Å². The maximum atomic E-state index is 6.86. The lowest BCUT2D eigenvalue weighted by Gasteiger charge is -2.40. The summed E-state index contributed by atoms with van der Waals surface area (Å²) in [5.41, 5.74) is 23.2. The maximum absolute atomic E-state index is 6.86. The molecule has 1 atom stereocenters. The van der Waals surface area contributed by atoms with Crippen LogP contribution in [0.15, 0.2) is 41.7 Å². The Labute approximate surface area is 337 Å².